The van der Waals surface area contributed by atoms with E-state index in [0.29, 0.717) is 5.82 Å². The number of amides is 3. The summed E-state index contributed by atoms with van der Waals surface area (Å²) in [6, 6.07) is -0.846. The van der Waals surface area contributed by atoms with Crippen LogP contribution >= 0.6 is 11.6 Å². The lowest BCUT2D eigenvalue weighted by molar-refractivity contribution is -0.117. The molecule has 0 aromatic carbocycles. The summed E-state index contributed by atoms with van der Waals surface area (Å²) in [5.74, 6) is -0.527. The van der Waals surface area contributed by atoms with Crippen LogP contribution in [-0.2, 0) is 4.79 Å². The molecule has 0 aliphatic carbocycles. The number of carbonyl (C=O) groups is 2. The maximum absolute atomic E-state index is 11.0. The van der Waals surface area contributed by atoms with E-state index in [9.17, 15) is 9.59 Å². The van der Waals surface area contributed by atoms with Crippen molar-refractivity contribution in [3.63, 3.8) is 0 Å². The molecule has 0 bridgehead atoms. The fourth-order valence-corrected chi connectivity index (χ4v) is 0.703. The first-order chi connectivity index (χ1) is 6.61. The molecule has 0 spiro atoms. The van der Waals surface area contributed by atoms with Gasteiger partial charge in [-0.3, -0.25) is 15.4 Å². The number of aryl methyl sites for hydroxylation is 1. The quantitative estimate of drug-likeness (QED) is 0.695. The van der Waals surface area contributed by atoms with Crippen LogP contribution in [0.25, 0.3) is 0 Å². The monoisotopic (exact) mass is 218 g/mol. The number of anilines is 1. The molecular formula is C6H7ClN4O3. The van der Waals surface area contributed by atoms with E-state index in [1.165, 1.54) is 0 Å². The number of hydrogen-bond acceptors (Lipinski definition) is 5. The van der Waals surface area contributed by atoms with Crippen LogP contribution in [0.15, 0.2) is 4.52 Å². The topological polar surface area (TPSA) is 97.1 Å². The van der Waals surface area contributed by atoms with Crippen molar-refractivity contribution in [2.75, 3.05) is 11.2 Å². The summed E-state index contributed by atoms with van der Waals surface area (Å²) in [6.45, 7) is 1.59. The number of nitrogens with one attached hydrogen (secondary N) is 2. The Morgan fingerprint density at radius 3 is 2.79 bits per heavy atom. The number of rotatable bonds is 2. The fraction of sp³-hybridized carbons (Fsp3) is 0.333. The Morgan fingerprint density at radius 1 is 1.57 bits per heavy atom. The fourth-order valence-electron chi connectivity index (χ4n) is 0.636. The largest absolute Gasteiger partial charge is 0.329 e. The van der Waals surface area contributed by atoms with Crippen molar-refractivity contribution in [3.8, 4) is 0 Å². The summed E-state index contributed by atoms with van der Waals surface area (Å²) in [5.41, 5.74) is 0. The second-order valence-electron chi connectivity index (χ2n) is 2.28. The average Bonchev–Trinajstić information content (AvgIpc) is 2.50. The molecule has 0 aliphatic rings. The molecule has 1 heterocycles. The molecule has 1 rings (SSSR count). The van der Waals surface area contributed by atoms with Gasteiger partial charge in [0.25, 0.3) is 0 Å². The van der Waals surface area contributed by atoms with Crippen LogP contribution in [0.3, 0.4) is 0 Å². The Morgan fingerprint density at radius 2 is 2.29 bits per heavy atom. The van der Waals surface area contributed by atoms with Gasteiger partial charge in [-0.15, -0.1) is 11.6 Å². The zero-order valence-electron chi connectivity index (χ0n) is 7.20. The highest BCUT2D eigenvalue weighted by Gasteiger charge is 2.09. The molecule has 0 fully saturated rings. The Labute approximate surface area is 83.8 Å². The summed E-state index contributed by atoms with van der Waals surface area (Å²) in [7, 11) is 0. The summed E-state index contributed by atoms with van der Waals surface area (Å²) < 4.78 is 4.57. The van der Waals surface area contributed by atoms with Gasteiger partial charge in [-0.25, -0.2) is 4.79 Å². The van der Waals surface area contributed by atoms with Crippen LogP contribution in [0.2, 0.25) is 0 Å². The molecular weight excluding hydrogens is 212 g/mol. The first-order valence-corrected chi connectivity index (χ1v) is 4.12. The normalized spacial score (nSPS) is 9.57. The lowest BCUT2D eigenvalue weighted by Gasteiger charge is -1.99. The van der Waals surface area contributed by atoms with Crippen molar-refractivity contribution < 1.29 is 14.1 Å². The number of nitrogens with zero attached hydrogens (tertiary/aromatic N) is 2. The van der Waals surface area contributed by atoms with Gasteiger partial charge in [0.2, 0.25) is 5.91 Å². The second-order valence-corrected chi connectivity index (χ2v) is 2.55. The van der Waals surface area contributed by atoms with Crippen molar-refractivity contribution in [3.05, 3.63) is 5.82 Å². The van der Waals surface area contributed by atoms with Crippen molar-refractivity contribution in [1.82, 2.24) is 15.5 Å². The highest BCUT2D eigenvalue weighted by atomic mass is 35.5. The van der Waals surface area contributed by atoms with Gasteiger partial charge >= 0.3 is 12.0 Å². The first-order valence-electron chi connectivity index (χ1n) is 3.59. The van der Waals surface area contributed by atoms with E-state index in [0.717, 1.165) is 0 Å². The van der Waals surface area contributed by atoms with E-state index >= 15 is 0 Å². The molecule has 0 saturated heterocycles. The number of hydrogen-bond donors (Lipinski definition) is 2. The van der Waals surface area contributed by atoms with E-state index in [-0.39, 0.29) is 11.9 Å². The molecule has 8 heteroatoms. The summed E-state index contributed by atoms with van der Waals surface area (Å²) in [6.07, 6.45) is 0. The van der Waals surface area contributed by atoms with Gasteiger partial charge in [-0.05, 0) is 6.92 Å². The lowest BCUT2D eigenvalue weighted by atomic mass is 10.7. The second kappa shape index (κ2) is 4.56. The van der Waals surface area contributed by atoms with Gasteiger partial charge in [0.05, 0.1) is 0 Å². The summed E-state index contributed by atoms with van der Waals surface area (Å²) in [4.78, 5) is 25.3. The number of carbonyl (C=O) groups excluding carboxylic acids is 2. The van der Waals surface area contributed by atoms with Gasteiger partial charge in [0, 0.05) is 0 Å². The standard InChI is InChI=1S/C6H7ClN4O3/c1-3-8-6(14-11-3)10-5(13)9-4(12)2-7/h2H2,1H3,(H2,8,9,10,11,12,13). The molecule has 0 aliphatic heterocycles. The smallest absolute Gasteiger partial charge is 0.315 e. The number of urea groups is 1. The average molecular weight is 219 g/mol. The minimum atomic E-state index is -0.765. The maximum atomic E-state index is 11.0. The molecule has 7 nitrogen and oxygen atoms in total. The maximum Gasteiger partial charge on any atom is 0.329 e. The molecule has 1 aromatic rings. The van der Waals surface area contributed by atoms with E-state index in [1.807, 2.05) is 5.32 Å². The van der Waals surface area contributed by atoms with E-state index in [1.54, 1.807) is 6.92 Å². The highest BCUT2D eigenvalue weighted by Crippen LogP contribution is 2.00. The number of imide groups is 1. The van der Waals surface area contributed by atoms with E-state index in [2.05, 4.69) is 20.0 Å². The van der Waals surface area contributed by atoms with Gasteiger partial charge in [-0.2, -0.15) is 4.98 Å². The molecule has 0 atom stereocenters. The number of aromatic nitrogens is 2. The molecule has 14 heavy (non-hydrogen) atoms. The predicted molar refractivity (Wildman–Crippen MR) is 46.9 cm³/mol. The zero-order valence-corrected chi connectivity index (χ0v) is 7.96. The molecule has 0 radical (unpaired) electrons. The van der Waals surface area contributed by atoms with Crippen molar-refractivity contribution in [2.45, 2.75) is 6.92 Å². The van der Waals surface area contributed by atoms with Gasteiger partial charge in [0.1, 0.15) is 5.88 Å². The molecule has 0 saturated carbocycles. The zero-order chi connectivity index (χ0) is 10.6. The first kappa shape index (κ1) is 10.5. The molecule has 0 unspecified atom stereocenters. The minimum absolute atomic E-state index is 0.0811. The Bertz CT molecular complexity index is 351. The Hall–Kier alpha value is -1.63. The van der Waals surface area contributed by atoms with Crippen LogP contribution in [0.4, 0.5) is 10.8 Å². The highest BCUT2D eigenvalue weighted by molar-refractivity contribution is 6.28. The van der Waals surface area contributed by atoms with Crippen molar-refractivity contribution in [1.29, 1.82) is 0 Å². The third kappa shape index (κ3) is 3.02. The molecule has 1 aromatic heterocycles. The SMILES string of the molecule is Cc1noc(NC(=O)NC(=O)CCl)n1. The van der Waals surface area contributed by atoms with E-state index < -0.39 is 11.9 Å². The summed E-state index contributed by atoms with van der Waals surface area (Å²) >= 11 is 5.16. The number of halogens is 1. The van der Waals surface area contributed by atoms with Crippen LogP contribution in [-0.4, -0.2) is 28.0 Å². The van der Waals surface area contributed by atoms with Crippen LogP contribution in [0, 0.1) is 6.92 Å². The van der Waals surface area contributed by atoms with Crippen LogP contribution < -0.4 is 10.6 Å². The minimum Gasteiger partial charge on any atom is -0.315 e. The number of alkyl halides is 1. The Balaban J connectivity index is 2.45. The third-order valence-electron chi connectivity index (χ3n) is 1.12. The summed E-state index contributed by atoms with van der Waals surface area (Å²) in [5, 5.41) is 7.53. The van der Waals surface area contributed by atoms with Gasteiger partial charge in [0.15, 0.2) is 5.82 Å². The lowest BCUT2D eigenvalue weighted by Crippen LogP contribution is -2.35. The van der Waals surface area contributed by atoms with Gasteiger partial charge < -0.3 is 4.52 Å². The molecule has 2 N–H and O–H groups in total. The van der Waals surface area contributed by atoms with Crippen LogP contribution in [0.5, 0.6) is 0 Å². The third-order valence-corrected chi connectivity index (χ3v) is 1.37. The van der Waals surface area contributed by atoms with Crippen LogP contribution in [0.1, 0.15) is 5.82 Å². The molecule has 3 amide bonds. The van der Waals surface area contributed by atoms with Gasteiger partial charge in [-0.1, -0.05) is 5.16 Å². The van der Waals surface area contributed by atoms with Crippen molar-refractivity contribution in [2.24, 2.45) is 0 Å². The van der Waals surface area contributed by atoms with Crippen molar-refractivity contribution >= 4 is 29.6 Å². The Kier molecular flexibility index (Phi) is 3.41. The van der Waals surface area contributed by atoms with E-state index in [4.69, 9.17) is 11.6 Å². The predicted octanol–water partition coefficient (Wildman–Crippen LogP) is 0.265. The molecule has 76 valence electrons.